The molecule has 34 heavy (non-hydrogen) atoms. The van der Waals surface area contributed by atoms with E-state index in [0.717, 1.165) is 16.7 Å². The van der Waals surface area contributed by atoms with Crippen molar-refractivity contribution < 1.29 is 18.0 Å². The molecule has 7 nitrogen and oxygen atoms in total. The maximum Gasteiger partial charge on any atom is 0.247 e. The van der Waals surface area contributed by atoms with Crippen molar-refractivity contribution in [1.29, 1.82) is 0 Å². The molecule has 8 heteroatoms. The molecule has 2 amide bonds. The topological polar surface area (TPSA) is 95.6 Å². The molecule has 0 radical (unpaired) electrons. The molecule has 0 aromatic heterocycles. The van der Waals surface area contributed by atoms with Gasteiger partial charge in [-0.1, -0.05) is 37.6 Å². The predicted octanol–water partition coefficient (Wildman–Crippen LogP) is 3.79. The Balaban J connectivity index is 1.61. The SMILES string of the molecule is Cc1ccc(S(=O)(=O)N2CCC(C(=O)NC(C(=O)Nc3cc(C)cc(C)c3)C(C)C)CC2)cc1. The van der Waals surface area contributed by atoms with E-state index in [0.29, 0.717) is 18.5 Å². The van der Waals surface area contributed by atoms with Gasteiger partial charge >= 0.3 is 0 Å². The largest absolute Gasteiger partial charge is 0.344 e. The van der Waals surface area contributed by atoms with Crippen molar-refractivity contribution in [2.75, 3.05) is 18.4 Å². The summed E-state index contributed by atoms with van der Waals surface area (Å²) in [6.45, 7) is 10.2. The molecule has 2 aromatic carbocycles. The van der Waals surface area contributed by atoms with Gasteiger partial charge in [-0.2, -0.15) is 4.31 Å². The molecule has 2 aromatic rings. The molecule has 1 fully saturated rings. The number of sulfonamides is 1. The number of anilines is 1. The number of nitrogens with zero attached hydrogens (tertiary/aromatic N) is 1. The van der Waals surface area contributed by atoms with E-state index in [-0.39, 0.29) is 41.6 Å². The summed E-state index contributed by atoms with van der Waals surface area (Å²) in [6.07, 6.45) is 0.834. The number of hydrogen-bond donors (Lipinski definition) is 2. The second kappa shape index (κ2) is 10.7. The zero-order valence-electron chi connectivity index (χ0n) is 20.6. The lowest BCUT2D eigenvalue weighted by Crippen LogP contribution is -2.50. The molecule has 1 heterocycles. The van der Waals surface area contributed by atoms with Crippen LogP contribution in [0.1, 0.15) is 43.4 Å². The molecular weight excluding hydrogens is 450 g/mol. The summed E-state index contributed by atoms with van der Waals surface area (Å²) < 4.78 is 27.3. The number of carbonyl (C=O) groups is 2. The number of piperidine rings is 1. The van der Waals surface area contributed by atoms with Gasteiger partial charge in [0.2, 0.25) is 21.8 Å². The van der Waals surface area contributed by atoms with Gasteiger partial charge in [0, 0.05) is 24.7 Å². The van der Waals surface area contributed by atoms with Gasteiger partial charge in [0.1, 0.15) is 6.04 Å². The van der Waals surface area contributed by atoms with Gasteiger partial charge in [0.15, 0.2) is 0 Å². The standard InChI is InChI=1S/C26H35N3O4S/c1-17(2)24(26(31)27-22-15-19(4)14-20(5)16-22)28-25(30)21-10-12-29(13-11-21)34(32,33)23-8-6-18(3)7-9-23/h6-9,14-17,21,24H,10-13H2,1-5H3,(H,27,31)(H,28,30). The number of benzene rings is 2. The first kappa shape index (κ1) is 25.9. The summed E-state index contributed by atoms with van der Waals surface area (Å²) in [5.74, 6) is -0.897. The lowest BCUT2D eigenvalue weighted by molar-refractivity contribution is -0.130. The minimum Gasteiger partial charge on any atom is -0.344 e. The van der Waals surface area contributed by atoms with Crippen molar-refractivity contribution in [3.8, 4) is 0 Å². The molecule has 1 aliphatic rings. The van der Waals surface area contributed by atoms with E-state index >= 15 is 0 Å². The van der Waals surface area contributed by atoms with E-state index in [4.69, 9.17) is 0 Å². The first-order valence-corrected chi connectivity index (χ1v) is 13.2. The molecule has 2 N–H and O–H groups in total. The van der Waals surface area contributed by atoms with Crippen LogP contribution in [0.25, 0.3) is 0 Å². The van der Waals surface area contributed by atoms with Gasteiger partial charge in [-0.05, 0) is 74.9 Å². The fourth-order valence-corrected chi connectivity index (χ4v) is 5.76. The average molecular weight is 486 g/mol. The monoisotopic (exact) mass is 485 g/mol. The molecule has 1 saturated heterocycles. The molecule has 0 saturated carbocycles. The van der Waals surface area contributed by atoms with Gasteiger partial charge in [0.25, 0.3) is 0 Å². The highest BCUT2D eigenvalue weighted by molar-refractivity contribution is 7.89. The molecule has 0 aliphatic carbocycles. The zero-order chi connectivity index (χ0) is 25.0. The summed E-state index contributed by atoms with van der Waals surface area (Å²) in [5, 5.41) is 5.83. The number of amides is 2. The lowest BCUT2D eigenvalue weighted by atomic mass is 9.95. The van der Waals surface area contributed by atoms with E-state index in [2.05, 4.69) is 10.6 Å². The lowest BCUT2D eigenvalue weighted by Gasteiger charge is -2.32. The summed E-state index contributed by atoms with van der Waals surface area (Å²) in [7, 11) is -3.58. The maximum atomic E-state index is 13.0. The third-order valence-electron chi connectivity index (χ3n) is 6.22. The third kappa shape index (κ3) is 6.24. The first-order chi connectivity index (χ1) is 16.0. The quantitative estimate of drug-likeness (QED) is 0.624. The summed E-state index contributed by atoms with van der Waals surface area (Å²) in [5.41, 5.74) is 3.80. The Kier molecular flexibility index (Phi) is 8.15. The maximum absolute atomic E-state index is 13.0. The number of carbonyl (C=O) groups excluding carboxylic acids is 2. The average Bonchev–Trinajstić information content (AvgIpc) is 2.76. The normalized spacial score (nSPS) is 16.3. The van der Waals surface area contributed by atoms with Gasteiger partial charge in [-0.15, -0.1) is 0 Å². The Morgan fingerprint density at radius 3 is 2.00 bits per heavy atom. The highest BCUT2D eigenvalue weighted by atomic mass is 32.2. The molecule has 3 rings (SSSR count). The van der Waals surface area contributed by atoms with Gasteiger partial charge in [-0.3, -0.25) is 9.59 Å². The van der Waals surface area contributed by atoms with Crippen LogP contribution in [-0.4, -0.2) is 43.7 Å². The molecule has 1 unspecified atom stereocenters. The highest BCUT2D eigenvalue weighted by Gasteiger charge is 2.34. The third-order valence-corrected chi connectivity index (χ3v) is 8.13. The second-order valence-corrected chi connectivity index (χ2v) is 11.5. The van der Waals surface area contributed by atoms with Crippen LogP contribution < -0.4 is 10.6 Å². The van der Waals surface area contributed by atoms with Crippen LogP contribution in [0.3, 0.4) is 0 Å². The van der Waals surface area contributed by atoms with E-state index in [9.17, 15) is 18.0 Å². The molecular formula is C26H35N3O4S. The minimum atomic E-state index is -3.58. The Bertz CT molecular complexity index is 1110. The molecule has 1 atom stereocenters. The van der Waals surface area contributed by atoms with Crippen LogP contribution in [-0.2, 0) is 19.6 Å². The summed E-state index contributed by atoms with van der Waals surface area (Å²) in [6, 6.07) is 11.9. The van der Waals surface area contributed by atoms with E-state index in [1.54, 1.807) is 24.3 Å². The zero-order valence-corrected chi connectivity index (χ0v) is 21.4. The van der Waals surface area contributed by atoms with Crippen molar-refractivity contribution in [2.24, 2.45) is 11.8 Å². The van der Waals surface area contributed by atoms with Crippen LogP contribution in [0.5, 0.6) is 0 Å². The molecule has 1 aliphatic heterocycles. The van der Waals surface area contributed by atoms with Crippen molar-refractivity contribution in [2.45, 2.75) is 58.4 Å². The van der Waals surface area contributed by atoms with Gasteiger partial charge in [0.05, 0.1) is 4.90 Å². The van der Waals surface area contributed by atoms with Crippen molar-refractivity contribution >= 4 is 27.5 Å². The summed E-state index contributed by atoms with van der Waals surface area (Å²) in [4.78, 5) is 26.2. The van der Waals surface area contributed by atoms with Crippen molar-refractivity contribution in [1.82, 2.24) is 9.62 Å². The fourth-order valence-electron chi connectivity index (χ4n) is 4.29. The molecule has 0 spiro atoms. The molecule has 184 valence electrons. The van der Waals surface area contributed by atoms with Crippen LogP contribution >= 0.6 is 0 Å². The Labute approximate surface area is 203 Å². The van der Waals surface area contributed by atoms with Crippen LogP contribution in [0, 0.1) is 32.6 Å². The van der Waals surface area contributed by atoms with Gasteiger partial charge in [-0.25, -0.2) is 8.42 Å². The van der Waals surface area contributed by atoms with Crippen LogP contribution in [0.15, 0.2) is 47.4 Å². The number of rotatable bonds is 7. The minimum absolute atomic E-state index is 0.100. The van der Waals surface area contributed by atoms with Crippen LogP contribution in [0.4, 0.5) is 5.69 Å². The fraction of sp³-hybridized carbons (Fsp3) is 0.462. The first-order valence-electron chi connectivity index (χ1n) is 11.7. The number of nitrogens with one attached hydrogen (secondary N) is 2. The second-order valence-electron chi connectivity index (χ2n) is 9.59. The van der Waals surface area contributed by atoms with Crippen molar-refractivity contribution in [3.05, 3.63) is 59.2 Å². The van der Waals surface area contributed by atoms with E-state index < -0.39 is 16.1 Å². The van der Waals surface area contributed by atoms with E-state index in [1.807, 2.05) is 52.8 Å². The summed E-state index contributed by atoms with van der Waals surface area (Å²) >= 11 is 0. The Morgan fingerprint density at radius 2 is 1.47 bits per heavy atom. The number of aryl methyl sites for hydroxylation is 3. The molecule has 0 bridgehead atoms. The van der Waals surface area contributed by atoms with Crippen LogP contribution in [0.2, 0.25) is 0 Å². The van der Waals surface area contributed by atoms with E-state index in [1.165, 1.54) is 4.31 Å². The smallest absolute Gasteiger partial charge is 0.247 e. The highest BCUT2D eigenvalue weighted by Crippen LogP contribution is 2.25. The Hall–Kier alpha value is -2.71. The number of hydrogen-bond acceptors (Lipinski definition) is 4. The Morgan fingerprint density at radius 1 is 0.912 bits per heavy atom. The van der Waals surface area contributed by atoms with Gasteiger partial charge < -0.3 is 10.6 Å². The predicted molar refractivity (Wildman–Crippen MR) is 134 cm³/mol. The van der Waals surface area contributed by atoms with Crippen molar-refractivity contribution in [3.63, 3.8) is 0 Å².